The maximum absolute atomic E-state index is 13.4. The lowest BCUT2D eigenvalue weighted by atomic mass is 9.85. The molecule has 1 rings (SSSR count). The van der Waals surface area contributed by atoms with E-state index in [9.17, 15) is 40.3 Å². The molecule has 0 aromatic carbocycles. The number of imide groups is 1. The number of alkyl halides is 7. The van der Waals surface area contributed by atoms with Gasteiger partial charge in [0.1, 0.15) is 5.92 Å². The second-order valence-electron chi connectivity index (χ2n) is 3.46. The van der Waals surface area contributed by atoms with Crippen LogP contribution in [0.5, 0.6) is 0 Å². The molecule has 0 radical (unpaired) electrons. The van der Waals surface area contributed by atoms with Crippen molar-refractivity contribution in [3.05, 3.63) is 0 Å². The molecule has 4 nitrogen and oxygen atoms in total. The Balaban J connectivity index is 3.21. The van der Waals surface area contributed by atoms with Gasteiger partial charge in [0.05, 0.1) is 0 Å². The van der Waals surface area contributed by atoms with Crippen molar-refractivity contribution >= 4 is 11.9 Å². The smallest absolute Gasteiger partial charge is 0.337 e. The Morgan fingerprint density at radius 3 is 1.72 bits per heavy atom. The minimum atomic E-state index is -6.34. The first-order chi connectivity index (χ1) is 7.91. The number of halogens is 7. The first-order valence-electron chi connectivity index (χ1n) is 4.32. The highest BCUT2D eigenvalue weighted by atomic mass is 19.4. The van der Waals surface area contributed by atoms with Crippen LogP contribution in [0.1, 0.15) is 0 Å². The minimum Gasteiger partial charge on any atom is -0.337 e. The molecule has 1 atom stereocenters. The second kappa shape index (κ2) is 3.99. The zero-order valence-corrected chi connectivity index (χ0v) is 8.25. The van der Waals surface area contributed by atoms with E-state index in [1.807, 2.05) is 0 Å². The summed E-state index contributed by atoms with van der Waals surface area (Å²) in [6.07, 6.45) is -12.7. The van der Waals surface area contributed by atoms with Gasteiger partial charge in [-0.3, -0.25) is 10.1 Å². The number of carbonyl (C=O) groups excluding carboxylic acids is 2. The van der Waals surface area contributed by atoms with Crippen LogP contribution in [0.3, 0.4) is 0 Å². The first-order valence-corrected chi connectivity index (χ1v) is 4.32. The maximum atomic E-state index is 13.4. The summed E-state index contributed by atoms with van der Waals surface area (Å²) in [6.45, 7) is -1.40. The molecule has 0 bridgehead atoms. The number of amides is 3. The zero-order chi connectivity index (χ0) is 14.4. The number of hydrogen-bond donors (Lipinski definition) is 2. The Kier molecular flexibility index (Phi) is 3.21. The van der Waals surface area contributed by atoms with Crippen LogP contribution in [0, 0.1) is 5.92 Å². The summed E-state index contributed by atoms with van der Waals surface area (Å²) < 4.78 is 87.0. The van der Waals surface area contributed by atoms with E-state index in [1.165, 1.54) is 5.32 Å². The third-order valence-electron chi connectivity index (χ3n) is 2.33. The van der Waals surface area contributed by atoms with Crippen LogP contribution in [0.25, 0.3) is 0 Å². The van der Waals surface area contributed by atoms with Crippen molar-refractivity contribution in [1.29, 1.82) is 0 Å². The minimum absolute atomic E-state index is 1.15. The van der Waals surface area contributed by atoms with E-state index in [2.05, 4.69) is 0 Å². The Hall–Kier alpha value is -1.55. The lowest BCUT2D eigenvalue weighted by Crippen LogP contribution is -2.67. The van der Waals surface area contributed by atoms with Gasteiger partial charge in [-0.2, -0.15) is 26.3 Å². The zero-order valence-electron chi connectivity index (χ0n) is 8.25. The van der Waals surface area contributed by atoms with Crippen LogP contribution in [-0.4, -0.2) is 36.5 Å². The average Bonchev–Trinajstić information content (AvgIpc) is 2.12. The Labute approximate surface area is 94.5 Å². The number of nitrogens with one attached hydrogen (secondary N) is 2. The van der Waals surface area contributed by atoms with Gasteiger partial charge in [-0.15, -0.1) is 0 Å². The third kappa shape index (κ3) is 2.08. The normalized spacial score (nSPS) is 22.5. The van der Waals surface area contributed by atoms with E-state index in [1.54, 1.807) is 0 Å². The standard InChI is InChI=1S/C7H5F7N2O2/c8-5(6(9,10)11,7(12,13)14)2-1-15-4(18)16-3(2)17/h2H,1H2,(H2,15,16,17,18). The Bertz CT molecular complexity index is 361. The monoisotopic (exact) mass is 282 g/mol. The summed E-state index contributed by atoms with van der Waals surface area (Å²) in [5.74, 6) is -5.11. The second-order valence-corrected chi connectivity index (χ2v) is 3.46. The van der Waals surface area contributed by atoms with Crippen molar-refractivity contribution < 1.29 is 40.3 Å². The molecule has 1 aliphatic heterocycles. The summed E-state index contributed by atoms with van der Waals surface area (Å²) in [5, 5.41) is 2.65. The summed E-state index contributed by atoms with van der Waals surface area (Å²) >= 11 is 0. The molecule has 0 aromatic heterocycles. The SMILES string of the molecule is O=C1NCC(C(F)(C(F)(F)F)C(F)(F)F)C(=O)N1. The van der Waals surface area contributed by atoms with E-state index < -0.39 is 42.4 Å². The highest BCUT2D eigenvalue weighted by Crippen LogP contribution is 2.50. The van der Waals surface area contributed by atoms with Crippen molar-refractivity contribution in [2.24, 2.45) is 5.92 Å². The van der Waals surface area contributed by atoms with Gasteiger partial charge in [0.25, 0.3) is 0 Å². The largest absolute Gasteiger partial charge is 0.432 e. The quantitative estimate of drug-likeness (QED) is 0.712. The summed E-state index contributed by atoms with van der Waals surface area (Å²) in [5.41, 5.74) is -5.72. The van der Waals surface area contributed by atoms with Crippen molar-refractivity contribution in [3.8, 4) is 0 Å². The van der Waals surface area contributed by atoms with Crippen LogP contribution < -0.4 is 10.6 Å². The average molecular weight is 282 g/mol. The predicted octanol–water partition coefficient (Wildman–Crippen LogP) is 1.27. The lowest BCUT2D eigenvalue weighted by molar-refractivity contribution is -0.353. The number of rotatable bonds is 1. The van der Waals surface area contributed by atoms with Gasteiger partial charge >= 0.3 is 24.1 Å². The molecule has 0 aliphatic carbocycles. The van der Waals surface area contributed by atoms with Gasteiger partial charge in [0.15, 0.2) is 0 Å². The molecule has 104 valence electrons. The van der Waals surface area contributed by atoms with Crippen molar-refractivity contribution in [3.63, 3.8) is 0 Å². The lowest BCUT2D eigenvalue weighted by Gasteiger charge is -2.37. The van der Waals surface area contributed by atoms with Crippen LogP contribution in [0.4, 0.5) is 35.5 Å². The van der Waals surface area contributed by atoms with Crippen LogP contribution >= 0.6 is 0 Å². The number of carbonyl (C=O) groups is 2. The van der Waals surface area contributed by atoms with Crippen LogP contribution in [0.15, 0.2) is 0 Å². The van der Waals surface area contributed by atoms with E-state index in [4.69, 9.17) is 0 Å². The molecular formula is C7H5F7N2O2. The molecule has 1 aliphatic rings. The number of urea groups is 1. The molecule has 1 heterocycles. The van der Waals surface area contributed by atoms with E-state index >= 15 is 0 Å². The molecule has 0 spiro atoms. The highest BCUT2D eigenvalue weighted by molar-refractivity contribution is 5.98. The first kappa shape index (κ1) is 14.5. The molecule has 11 heteroatoms. The molecule has 0 saturated carbocycles. The Morgan fingerprint density at radius 2 is 1.39 bits per heavy atom. The van der Waals surface area contributed by atoms with Crippen LogP contribution in [0.2, 0.25) is 0 Å². The van der Waals surface area contributed by atoms with E-state index in [-0.39, 0.29) is 0 Å². The van der Waals surface area contributed by atoms with Gasteiger partial charge in [0, 0.05) is 6.54 Å². The molecule has 0 aromatic rings. The topological polar surface area (TPSA) is 58.2 Å². The maximum Gasteiger partial charge on any atom is 0.432 e. The molecule has 18 heavy (non-hydrogen) atoms. The molecule has 2 N–H and O–H groups in total. The van der Waals surface area contributed by atoms with Crippen molar-refractivity contribution in [1.82, 2.24) is 10.6 Å². The fourth-order valence-corrected chi connectivity index (χ4v) is 1.41. The van der Waals surface area contributed by atoms with Gasteiger partial charge in [-0.05, 0) is 0 Å². The van der Waals surface area contributed by atoms with E-state index in [0.29, 0.717) is 0 Å². The van der Waals surface area contributed by atoms with Gasteiger partial charge in [-0.1, -0.05) is 0 Å². The molecule has 1 fully saturated rings. The summed E-state index contributed by atoms with van der Waals surface area (Å²) in [7, 11) is 0. The molecule has 3 amide bonds. The van der Waals surface area contributed by atoms with Crippen LogP contribution in [-0.2, 0) is 4.79 Å². The predicted molar refractivity (Wildman–Crippen MR) is 41.0 cm³/mol. The third-order valence-corrected chi connectivity index (χ3v) is 2.33. The van der Waals surface area contributed by atoms with Gasteiger partial charge in [0.2, 0.25) is 5.91 Å². The fourth-order valence-electron chi connectivity index (χ4n) is 1.41. The fraction of sp³-hybridized carbons (Fsp3) is 0.714. The van der Waals surface area contributed by atoms with Crippen molar-refractivity contribution in [2.75, 3.05) is 6.54 Å². The molecule has 1 saturated heterocycles. The van der Waals surface area contributed by atoms with E-state index in [0.717, 1.165) is 5.32 Å². The highest BCUT2D eigenvalue weighted by Gasteiger charge is 2.77. The summed E-state index contributed by atoms with van der Waals surface area (Å²) in [6, 6.07) is -1.29. The number of hydrogen-bond acceptors (Lipinski definition) is 2. The Morgan fingerprint density at radius 1 is 0.944 bits per heavy atom. The molecule has 1 unspecified atom stereocenters. The molecular weight excluding hydrogens is 277 g/mol. The van der Waals surface area contributed by atoms with Gasteiger partial charge < -0.3 is 5.32 Å². The van der Waals surface area contributed by atoms with Crippen molar-refractivity contribution in [2.45, 2.75) is 18.0 Å². The summed E-state index contributed by atoms with van der Waals surface area (Å²) in [4.78, 5) is 21.5. The van der Waals surface area contributed by atoms with Gasteiger partial charge in [-0.25, -0.2) is 9.18 Å².